The van der Waals surface area contributed by atoms with E-state index in [-0.39, 0.29) is 18.1 Å². The summed E-state index contributed by atoms with van der Waals surface area (Å²) in [6, 6.07) is 17.1. The maximum Gasteiger partial charge on any atom is 0.124 e. The summed E-state index contributed by atoms with van der Waals surface area (Å²) in [7, 11) is 0. The molecule has 4 rings (SSSR count). The number of nitriles is 2. The largest absolute Gasteiger partial charge is 0.278 e. The number of piperidine rings is 1. The first-order valence-electron chi connectivity index (χ1n) is 8.91. The van der Waals surface area contributed by atoms with E-state index < -0.39 is 5.41 Å². The molecule has 2 fully saturated rings. The Labute approximate surface area is 158 Å². The summed E-state index contributed by atoms with van der Waals surface area (Å²) in [5.74, 6) is 0. The van der Waals surface area contributed by atoms with Crippen LogP contribution in [0.2, 0.25) is 5.02 Å². The van der Waals surface area contributed by atoms with Gasteiger partial charge in [-0.1, -0.05) is 41.9 Å². The van der Waals surface area contributed by atoms with Gasteiger partial charge >= 0.3 is 0 Å². The summed E-state index contributed by atoms with van der Waals surface area (Å²) in [6.45, 7) is 0. The van der Waals surface area contributed by atoms with Crippen LogP contribution in [0.4, 0.5) is 0 Å². The van der Waals surface area contributed by atoms with Gasteiger partial charge in [-0.15, -0.1) is 0 Å². The first-order chi connectivity index (χ1) is 12.7. The van der Waals surface area contributed by atoms with Gasteiger partial charge in [0.05, 0.1) is 22.6 Å². The SMILES string of the molecule is N#CC(c1ccccc1)N1C2CCC1CC(C#N)(c1cncc(Cl)c1)C2. The predicted octanol–water partition coefficient (Wildman–Crippen LogP) is 4.39. The van der Waals surface area contributed by atoms with Crippen LogP contribution in [0, 0.1) is 22.7 Å². The lowest BCUT2D eigenvalue weighted by molar-refractivity contribution is 0.0808. The van der Waals surface area contributed by atoms with Gasteiger partial charge in [0.15, 0.2) is 0 Å². The summed E-state index contributed by atoms with van der Waals surface area (Å²) < 4.78 is 0. The Morgan fingerprint density at radius 1 is 1.12 bits per heavy atom. The van der Waals surface area contributed by atoms with E-state index in [1.54, 1.807) is 12.4 Å². The molecule has 2 aliphatic rings. The molecule has 5 heteroatoms. The molecule has 2 aliphatic heterocycles. The summed E-state index contributed by atoms with van der Waals surface area (Å²) in [5, 5.41) is 20.5. The molecule has 1 aromatic heterocycles. The molecule has 3 atom stereocenters. The number of halogens is 1. The van der Waals surface area contributed by atoms with Crippen LogP contribution in [0.25, 0.3) is 0 Å². The third-order valence-corrected chi connectivity index (χ3v) is 6.06. The predicted molar refractivity (Wildman–Crippen MR) is 99.2 cm³/mol. The lowest BCUT2D eigenvalue weighted by atomic mass is 9.71. The van der Waals surface area contributed by atoms with Gasteiger partial charge in [-0.25, -0.2) is 0 Å². The average molecular weight is 363 g/mol. The Morgan fingerprint density at radius 3 is 2.38 bits per heavy atom. The highest BCUT2D eigenvalue weighted by Crippen LogP contribution is 2.49. The summed E-state index contributed by atoms with van der Waals surface area (Å²) in [5.41, 5.74) is 1.36. The molecule has 0 N–H and O–H groups in total. The molecule has 0 radical (unpaired) electrons. The van der Waals surface area contributed by atoms with Crippen molar-refractivity contribution >= 4 is 11.6 Å². The Hall–Kier alpha value is -2.40. The Kier molecular flexibility index (Phi) is 4.41. The molecule has 2 saturated heterocycles. The zero-order valence-corrected chi connectivity index (χ0v) is 15.1. The number of fused-ring (bicyclic) bond motifs is 2. The fraction of sp³-hybridized carbons (Fsp3) is 0.381. The number of nitrogens with zero attached hydrogens (tertiary/aromatic N) is 4. The first kappa shape index (κ1) is 17.0. The van der Waals surface area contributed by atoms with Gasteiger partial charge < -0.3 is 0 Å². The molecule has 3 heterocycles. The zero-order valence-electron chi connectivity index (χ0n) is 14.3. The van der Waals surface area contributed by atoms with Crippen molar-refractivity contribution in [3.05, 3.63) is 64.9 Å². The van der Waals surface area contributed by atoms with Crippen molar-refractivity contribution in [2.45, 2.75) is 49.2 Å². The number of hydrogen-bond donors (Lipinski definition) is 0. The highest BCUT2D eigenvalue weighted by Gasteiger charge is 2.51. The van der Waals surface area contributed by atoms with Crippen LogP contribution in [0.5, 0.6) is 0 Å². The highest BCUT2D eigenvalue weighted by molar-refractivity contribution is 6.30. The van der Waals surface area contributed by atoms with Crippen molar-refractivity contribution in [1.29, 1.82) is 10.5 Å². The maximum absolute atomic E-state index is 10.0. The molecule has 130 valence electrons. The summed E-state index contributed by atoms with van der Waals surface area (Å²) in [6.07, 6.45) is 6.84. The number of benzene rings is 1. The number of hydrogen-bond acceptors (Lipinski definition) is 4. The van der Waals surface area contributed by atoms with E-state index in [1.165, 1.54) is 0 Å². The number of rotatable bonds is 3. The molecule has 2 bridgehead atoms. The van der Waals surface area contributed by atoms with Gasteiger partial charge in [0.25, 0.3) is 0 Å². The molecule has 3 unspecified atom stereocenters. The van der Waals surface area contributed by atoms with E-state index in [9.17, 15) is 10.5 Å². The topological polar surface area (TPSA) is 63.7 Å². The van der Waals surface area contributed by atoms with Crippen LogP contribution in [0.3, 0.4) is 0 Å². The van der Waals surface area contributed by atoms with Gasteiger partial charge in [0, 0.05) is 24.5 Å². The molecule has 0 amide bonds. The van der Waals surface area contributed by atoms with E-state index in [0.717, 1.165) is 24.0 Å². The second-order valence-electron chi connectivity index (χ2n) is 7.27. The minimum Gasteiger partial charge on any atom is -0.278 e. The second-order valence-corrected chi connectivity index (χ2v) is 7.70. The second kappa shape index (κ2) is 6.72. The Balaban J connectivity index is 1.67. The van der Waals surface area contributed by atoms with Crippen molar-refractivity contribution < 1.29 is 0 Å². The zero-order chi connectivity index (χ0) is 18.1. The monoisotopic (exact) mass is 362 g/mol. The molecule has 0 aliphatic carbocycles. The lowest BCUT2D eigenvalue weighted by Crippen LogP contribution is -2.50. The molecule has 2 aromatic rings. The fourth-order valence-electron chi connectivity index (χ4n) is 4.72. The molecule has 4 nitrogen and oxygen atoms in total. The van der Waals surface area contributed by atoms with Crippen LogP contribution >= 0.6 is 11.6 Å². The molecular formula is C21H19ClN4. The van der Waals surface area contributed by atoms with Crippen LogP contribution in [0.1, 0.15) is 42.9 Å². The van der Waals surface area contributed by atoms with Crippen LogP contribution < -0.4 is 0 Å². The van der Waals surface area contributed by atoms with Crippen molar-refractivity contribution in [3.8, 4) is 12.1 Å². The summed E-state index contributed by atoms with van der Waals surface area (Å²) >= 11 is 6.13. The standard InChI is InChI=1S/C21H19ClN4/c22-17-8-16(12-25-13-17)21(14-24)9-18-6-7-19(10-21)26(18)20(11-23)15-4-2-1-3-5-15/h1-5,8,12-13,18-20H,6-7,9-10H2. The fourth-order valence-corrected chi connectivity index (χ4v) is 4.89. The van der Waals surface area contributed by atoms with Gasteiger partial charge in [0.2, 0.25) is 0 Å². The Bertz CT molecular complexity index is 869. The van der Waals surface area contributed by atoms with E-state index in [4.69, 9.17) is 11.6 Å². The molecule has 1 aromatic carbocycles. The molecule has 0 saturated carbocycles. The minimum atomic E-state index is -0.572. The van der Waals surface area contributed by atoms with Gasteiger partial charge in [0.1, 0.15) is 6.04 Å². The first-order valence-corrected chi connectivity index (χ1v) is 9.29. The lowest BCUT2D eigenvalue weighted by Gasteiger charge is -2.45. The van der Waals surface area contributed by atoms with Gasteiger partial charge in [-0.3, -0.25) is 9.88 Å². The van der Waals surface area contributed by atoms with Crippen molar-refractivity contribution in [2.75, 3.05) is 0 Å². The van der Waals surface area contributed by atoms with E-state index >= 15 is 0 Å². The van der Waals surface area contributed by atoms with Gasteiger partial charge in [-0.05, 0) is 42.9 Å². The molecule has 26 heavy (non-hydrogen) atoms. The Morgan fingerprint density at radius 2 is 1.81 bits per heavy atom. The van der Waals surface area contributed by atoms with Gasteiger partial charge in [-0.2, -0.15) is 10.5 Å². The van der Waals surface area contributed by atoms with E-state index in [1.807, 2.05) is 36.4 Å². The van der Waals surface area contributed by atoms with E-state index in [0.29, 0.717) is 17.9 Å². The third kappa shape index (κ3) is 2.76. The highest BCUT2D eigenvalue weighted by atomic mass is 35.5. The third-order valence-electron chi connectivity index (χ3n) is 5.85. The average Bonchev–Trinajstić information content (AvgIpc) is 2.94. The van der Waals surface area contributed by atoms with Crippen LogP contribution in [0.15, 0.2) is 48.8 Å². The molecule has 0 spiro atoms. The quantitative estimate of drug-likeness (QED) is 0.812. The number of pyridine rings is 1. The van der Waals surface area contributed by atoms with Crippen LogP contribution in [-0.2, 0) is 5.41 Å². The summed E-state index contributed by atoms with van der Waals surface area (Å²) in [4.78, 5) is 6.53. The minimum absolute atomic E-state index is 0.220. The smallest absolute Gasteiger partial charge is 0.124 e. The van der Waals surface area contributed by atoms with Crippen LogP contribution in [-0.4, -0.2) is 22.0 Å². The van der Waals surface area contributed by atoms with E-state index in [2.05, 4.69) is 22.0 Å². The molecular weight excluding hydrogens is 344 g/mol. The van der Waals surface area contributed by atoms with Crippen molar-refractivity contribution in [2.24, 2.45) is 0 Å². The number of aromatic nitrogens is 1. The maximum atomic E-state index is 10.0. The normalized spacial score (nSPS) is 28.9. The van der Waals surface area contributed by atoms with Crippen molar-refractivity contribution in [1.82, 2.24) is 9.88 Å². The van der Waals surface area contributed by atoms with Crippen molar-refractivity contribution in [3.63, 3.8) is 0 Å².